The highest BCUT2D eigenvalue weighted by Gasteiger charge is 2.13. The summed E-state index contributed by atoms with van der Waals surface area (Å²) >= 11 is 1.48. The summed E-state index contributed by atoms with van der Waals surface area (Å²) in [5.74, 6) is -1.42. The van der Waals surface area contributed by atoms with Crippen LogP contribution in [0.15, 0.2) is 35.8 Å². The van der Waals surface area contributed by atoms with E-state index in [-0.39, 0.29) is 23.7 Å². The second kappa shape index (κ2) is 5.42. The van der Waals surface area contributed by atoms with Crippen LogP contribution < -0.4 is 5.32 Å². The maximum atomic E-state index is 11.7. The molecule has 0 atom stereocenters. The van der Waals surface area contributed by atoms with Gasteiger partial charge < -0.3 is 10.4 Å². The third kappa shape index (κ3) is 2.92. The number of aromatic carboxylic acids is 1. The van der Waals surface area contributed by atoms with Crippen LogP contribution in [-0.2, 0) is 11.2 Å². The lowest BCUT2D eigenvalue weighted by atomic mass is 10.2. The predicted molar refractivity (Wildman–Crippen MR) is 67.8 cm³/mol. The van der Waals surface area contributed by atoms with Crippen molar-refractivity contribution in [3.8, 4) is 0 Å². The number of aromatic nitrogens is 1. The Balaban J connectivity index is 2.09. The summed E-state index contributed by atoms with van der Waals surface area (Å²) in [5.41, 5.74) is 0.0589. The summed E-state index contributed by atoms with van der Waals surface area (Å²) in [7, 11) is 0. The van der Waals surface area contributed by atoms with E-state index in [1.165, 1.54) is 23.6 Å². The summed E-state index contributed by atoms with van der Waals surface area (Å²) in [6.07, 6.45) is 1.60. The molecular weight excluding hydrogens is 252 g/mol. The van der Waals surface area contributed by atoms with Crippen LogP contribution in [0.25, 0.3) is 0 Å². The van der Waals surface area contributed by atoms with Gasteiger partial charge in [0.2, 0.25) is 5.91 Å². The number of carboxylic acids is 1. The first-order valence-electron chi connectivity index (χ1n) is 5.17. The molecule has 0 aliphatic carbocycles. The van der Waals surface area contributed by atoms with Crippen LogP contribution in [0.2, 0.25) is 0 Å². The summed E-state index contributed by atoms with van der Waals surface area (Å²) < 4.78 is 0. The van der Waals surface area contributed by atoms with Crippen molar-refractivity contribution in [3.63, 3.8) is 0 Å². The maximum Gasteiger partial charge on any atom is 0.356 e. The Hall–Kier alpha value is -2.21. The Bertz CT molecular complexity index is 566. The van der Waals surface area contributed by atoms with Crippen molar-refractivity contribution in [1.82, 2.24) is 4.98 Å². The van der Waals surface area contributed by atoms with Crippen molar-refractivity contribution in [2.24, 2.45) is 0 Å². The Morgan fingerprint density at radius 2 is 2.17 bits per heavy atom. The Morgan fingerprint density at radius 3 is 2.83 bits per heavy atom. The van der Waals surface area contributed by atoms with E-state index >= 15 is 0 Å². The third-order valence-corrected chi connectivity index (χ3v) is 3.08. The Kier molecular flexibility index (Phi) is 3.69. The summed E-state index contributed by atoms with van der Waals surface area (Å²) in [6.45, 7) is 0. The maximum absolute atomic E-state index is 11.7. The van der Waals surface area contributed by atoms with Gasteiger partial charge in [0, 0.05) is 11.1 Å². The fraction of sp³-hybridized carbons (Fsp3) is 0.0833. The number of hydrogen-bond donors (Lipinski definition) is 2. The number of thiophene rings is 1. The van der Waals surface area contributed by atoms with E-state index in [9.17, 15) is 9.59 Å². The number of nitrogens with zero attached hydrogens (tertiary/aromatic N) is 1. The van der Waals surface area contributed by atoms with Crippen LogP contribution in [0, 0.1) is 0 Å². The van der Waals surface area contributed by atoms with Crippen LogP contribution >= 0.6 is 11.3 Å². The number of hydrogen-bond acceptors (Lipinski definition) is 4. The zero-order valence-electron chi connectivity index (χ0n) is 9.29. The SMILES string of the molecule is O=C(Cc1cccs1)Nc1cccnc1C(=O)O. The lowest BCUT2D eigenvalue weighted by Crippen LogP contribution is -2.17. The van der Waals surface area contributed by atoms with Gasteiger partial charge in [0.1, 0.15) is 0 Å². The molecule has 0 bridgehead atoms. The van der Waals surface area contributed by atoms with E-state index in [1.54, 1.807) is 6.07 Å². The van der Waals surface area contributed by atoms with Crippen LogP contribution in [0.1, 0.15) is 15.4 Å². The van der Waals surface area contributed by atoms with Crippen molar-refractivity contribution in [1.29, 1.82) is 0 Å². The van der Waals surface area contributed by atoms with Crippen molar-refractivity contribution in [2.45, 2.75) is 6.42 Å². The van der Waals surface area contributed by atoms with Crippen molar-refractivity contribution >= 4 is 28.9 Å². The Labute approximate surface area is 107 Å². The molecule has 0 unspecified atom stereocenters. The third-order valence-electron chi connectivity index (χ3n) is 2.20. The quantitative estimate of drug-likeness (QED) is 0.883. The van der Waals surface area contributed by atoms with Crippen LogP contribution in [0.4, 0.5) is 5.69 Å². The second-order valence-electron chi connectivity index (χ2n) is 3.51. The molecular formula is C12H10N2O3S. The van der Waals surface area contributed by atoms with Crippen LogP contribution in [0.3, 0.4) is 0 Å². The van der Waals surface area contributed by atoms with E-state index in [4.69, 9.17) is 5.11 Å². The Morgan fingerprint density at radius 1 is 1.33 bits per heavy atom. The van der Waals surface area contributed by atoms with Gasteiger partial charge in [-0.2, -0.15) is 0 Å². The molecule has 0 fully saturated rings. The van der Waals surface area contributed by atoms with E-state index in [0.717, 1.165) is 4.88 Å². The molecule has 5 nitrogen and oxygen atoms in total. The van der Waals surface area contributed by atoms with Gasteiger partial charge in [0.05, 0.1) is 12.1 Å². The summed E-state index contributed by atoms with van der Waals surface area (Å²) in [4.78, 5) is 27.3. The molecule has 2 rings (SSSR count). The molecule has 2 aromatic heterocycles. The average Bonchev–Trinajstić information content (AvgIpc) is 2.82. The number of pyridine rings is 1. The molecule has 1 amide bonds. The molecule has 92 valence electrons. The molecule has 0 aromatic carbocycles. The minimum Gasteiger partial charge on any atom is -0.476 e. The van der Waals surface area contributed by atoms with E-state index in [1.807, 2.05) is 17.5 Å². The zero-order chi connectivity index (χ0) is 13.0. The fourth-order valence-electron chi connectivity index (χ4n) is 1.44. The minimum atomic E-state index is -1.16. The normalized spacial score (nSPS) is 10.0. The number of amides is 1. The van der Waals surface area contributed by atoms with Gasteiger partial charge in [0.15, 0.2) is 5.69 Å². The number of carboxylic acid groups (broad SMARTS) is 1. The topological polar surface area (TPSA) is 79.3 Å². The molecule has 6 heteroatoms. The molecule has 0 spiro atoms. The molecule has 0 saturated carbocycles. The van der Waals surface area contributed by atoms with Gasteiger partial charge >= 0.3 is 5.97 Å². The molecule has 2 N–H and O–H groups in total. The molecule has 2 heterocycles. The van der Waals surface area contributed by atoms with E-state index < -0.39 is 5.97 Å². The van der Waals surface area contributed by atoms with Crippen molar-refractivity contribution < 1.29 is 14.7 Å². The van der Waals surface area contributed by atoms with Crippen molar-refractivity contribution in [3.05, 3.63) is 46.4 Å². The zero-order valence-corrected chi connectivity index (χ0v) is 10.1. The largest absolute Gasteiger partial charge is 0.476 e. The van der Waals surface area contributed by atoms with E-state index in [0.29, 0.717) is 0 Å². The molecule has 18 heavy (non-hydrogen) atoms. The highest BCUT2D eigenvalue weighted by Crippen LogP contribution is 2.14. The highest BCUT2D eigenvalue weighted by molar-refractivity contribution is 7.10. The molecule has 0 saturated heterocycles. The average molecular weight is 262 g/mol. The molecule has 0 radical (unpaired) electrons. The first-order chi connectivity index (χ1) is 8.66. The van der Waals surface area contributed by atoms with Gasteiger partial charge in [-0.1, -0.05) is 6.07 Å². The monoisotopic (exact) mass is 262 g/mol. The lowest BCUT2D eigenvalue weighted by Gasteiger charge is -2.06. The number of carbonyl (C=O) groups is 2. The molecule has 2 aromatic rings. The van der Waals surface area contributed by atoms with Crippen LogP contribution in [0.5, 0.6) is 0 Å². The first kappa shape index (κ1) is 12.3. The van der Waals surface area contributed by atoms with Gasteiger partial charge in [-0.3, -0.25) is 4.79 Å². The molecule has 0 aliphatic rings. The van der Waals surface area contributed by atoms with Crippen molar-refractivity contribution in [2.75, 3.05) is 5.32 Å². The first-order valence-corrected chi connectivity index (χ1v) is 6.05. The number of nitrogens with one attached hydrogen (secondary N) is 1. The van der Waals surface area contributed by atoms with Gasteiger partial charge in [-0.05, 0) is 23.6 Å². The lowest BCUT2D eigenvalue weighted by molar-refractivity contribution is -0.115. The van der Waals surface area contributed by atoms with Crippen LogP contribution in [-0.4, -0.2) is 22.0 Å². The smallest absolute Gasteiger partial charge is 0.356 e. The van der Waals surface area contributed by atoms with Gasteiger partial charge in [-0.15, -0.1) is 11.3 Å². The number of anilines is 1. The minimum absolute atomic E-state index is 0.156. The van der Waals surface area contributed by atoms with Gasteiger partial charge in [-0.25, -0.2) is 9.78 Å². The second-order valence-corrected chi connectivity index (χ2v) is 4.54. The summed E-state index contributed by atoms with van der Waals surface area (Å²) in [6, 6.07) is 6.81. The standard InChI is InChI=1S/C12H10N2O3S/c15-10(7-8-3-2-6-18-8)14-9-4-1-5-13-11(9)12(16)17/h1-6H,7H2,(H,14,15)(H,16,17). The number of rotatable bonds is 4. The number of carbonyl (C=O) groups excluding carboxylic acids is 1. The highest BCUT2D eigenvalue weighted by atomic mass is 32.1. The fourth-order valence-corrected chi connectivity index (χ4v) is 2.15. The van der Waals surface area contributed by atoms with E-state index in [2.05, 4.69) is 10.3 Å². The van der Waals surface area contributed by atoms with Gasteiger partial charge in [0.25, 0.3) is 0 Å². The molecule has 0 aliphatic heterocycles. The summed E-state index contributed by atoms with van der Waals surface area (Å²) in [5, 5.41) is 13.4. The predicted octanol–water partition coefficient (Wildman–Crippen LogP) is 2.02.